The molecule has 1 rings (SSSR count). The monoisotopic (exact) mass is 263 g/mol. The van der Waals surface area contributed by atoms with Gasteiger partial charge in [0.15, 0.2) is 0 Å². The molecule has 19 heavy (non-hydrogen) atoms. The van der Waals surface area contributed by atoms with Gasteiger partial charge in [-0.25, -0.2) is 0 Å². The van der Waals surface area contributed by atoms with Gasteiger partial charge in [-0.3, -0.25) is 4.79 Å². The zero-order valence-electron chi connectivity index (χ0n) is 12.3. The van der Waals surface area contributed by atoms with Crippen molar-refractivity contribution in [2.75, 3.05) is 13.7 Å². The third kappa shape index (κ3) is 5.77. The van der Waals surface area contributed by atoms with E-state index in [0.29, 0.717) is 13.0 Å². The van der Waals surface area contributed by atoms with Gasteiger partial charge < -0.3 is 10.1 Å². The lowest BCUT2D eigenvalue weighted by atomic mass is 10.1. The molecule has 0 aliphatic carbocycles. The van der Waals surface area contributed by atoms with Crippen LogP contribution in [0.4, 0.5) is 0 Å². The van der Waals surface area contributed by atoms with Crippen molar-refractivity contribution >= 4 is 5.91 Å². The predicted octanol–water partition coefficient (Wildman–Crippen LogP) is 3.24. The Balaban J connectivity index is 2.36. The largest absolute Gasteiger partial charge is 0.496 e. The molecule has 0 atom stereocenters. The van der Waals surface area contributed by atoms with E-state index < -0.39 is 0 Å². The fourth-order valence-corrected chi connectivity index (χ4v) is 2.06. The molecule has 0 fully saturated rings. The van der Waals surface area contributed by atoms with Crippen molar-refractivity contribution in [1.82, 2.24) is 5.32 Å². The molecule has 0 unspecified atom stereocenters. The number of benzene rings is 1. The van der Waals surface area contributed by atoms with Gasteiger partial charge in [-0.1, -0.05) is 37.5 Å². The molecule has 1 amide bonds. The SMILES string of the molecule is CCCCCC(=O)NCCc1cc(C)ccc1OC. The number of rotatable bonds is 8. The van der Waals surface area contributed by atoms with E-state index in [-0.39, 0.29) is 5.91 Å². The Kier molecular flexibility index (Phi) is 7.01. The maximum absolute atomic E-state index is 11.6. The summed E-state index contributed by atoms with van der Waals surface area (Å²) in [4.78, 5) is 11.6. The minimum atomic E-state index is 0.153. The van der Waals surface area contributed by atoms with Crippen LogP contribution in [0.2, 0.25) is 0 Å². The van der Waals surface area contributed by atoms with Gasteiger partial charge in [0.05, 0.1) is 7.11 Å². The summed E-state index contributed by atoms with van der Waals surface area (Å²) in [5.41, 5.74) is 2.36. The van der Waals surface area contributed by atoms with Crippen LogP contribution in [0.1, 0.15) is 43.7 Å². The van der Waals surface area contributed by atoms with E-state index in [0.717, 1.165) is 37.0 Å². The Labute approximate surface area is 116 Å². The molecule has 0 aromatic heterocycles. The Morgan fingerprint density at radius 3 is 2.79 bits per heavy atom. The molecule has 0 aliphatic rings. The van der Waals surface area contributed by atoms with Crippen LogP contribution in [0.3, 0.4) is 0 Å². The van der Waals surface area contributed by atoms with Gasteiger partial charge in [-0.05, 0) is 31.4 Å². The molecule has 0 spiro atoms. The molecular formula is C16H25NO2. The van der Waals surface area contributed by atoms with E-state index in [2.05, 4.69) is 25.2 Å². The lowest BCUT2D eigenvalue weighted by Crippen LogP contribution is -2.25. The second kappa shape index (κ2) is 8.57. The summed E-state index contributed by atoms with van der Waals surface area (Å²) in [5, 5.41) is 2.97. The first-order chi connectivity index (χ1) is 9.17. The van der Waals surface area contributed by atoms with Crippen molar-refractivity contribution < 1.29 is 9.53 Å². The molecule has 0 bridgehead atoms. The molecule has 1 aromatic rings. The number of methoxy groups -OCH3 is 1. The molecule has 0 saturated carbocycles. The average molecular weight is 263 g/mol. The summed E-state index contributed by atoms with van der Waals surface area (Å²) in [6.45, 7) is 4.87. The second-order valence-electron chi connectivity index (χ2n) is 4.87. The lowest BCUT2D eigenvalue weighted by molar-refractivity contribution is -0.121. The quantitative estimate of drug-likeness (QED) is 0.731. The summed E-state index contributed by atoms with van der Waals surface area (Å²) in [6.07, 6.45) is 4.70. The van der Waals surface area contributed by atoms with Crippen LogP contribution in [0.5, 0.6) is 5.75 Å². The average Bonchev–Trinajstić information content (AvgIpc) is 2.39. The minimum Gasteiger partial charge on any atom is -0.496 e. The minimum absolute atomic E-state index is 0.153. The summed E-state index contributed by atoms with van der Waals surface area (Å²) in [6, 6.07) is 6.13. The van der Waals surface area contributed by atoms with Gasteiger partial charge in [-0.15, -0.1) is 0 Å². The normalized spacial score (nSPS) is 10.3. The number of hydrogen-bond acceptors (Lipinski definition) is 2. The Morgan fingerprint density at radius 2 is 2.11 bits per heavy atom. The third-order valence-corrected chi connectivity index (χ3v) is 3.16. The third-order valence-electron chi connectivity index (χ3n) is 3.16. The predicted molar refractivity (Wildman–Crippen MR) is 78.6 cm³/mol. The van der Waals surface area contributed by atoms with E-state index in [1.54, 1.807) is 7.11 Å². The number of hydrogen-bond donors (Lipinski definition) is 1. The molecular weight excluding hydrogens is 238 g/mol. The van der Waals surface area contributed by atoms with Gasteiger partial charge in [0.2, 0.25) is 5.91 Å². The van der Waals surface area contributed by atoms with Crippen LogP contribution in [-0.4, -0.2) is 19.6 Å². The van der Waals surface area contributed by atoms with Crippen molar-refractivity contribution in [3.8, 4) is 5.75 Å². The highest BCUT2D eigenvalue weighted by molar-refractivity contribution is 5.75. The lowest BCUT2D eigenvalue weighted by Gasteiger charge is -2.10. The zero-order valence-corrected chi connectivity index (χ0v) is 12.3. The van der Waals surface area contributed by atoms with Crippen LogP contribution >= 0.6 is 0 Å². The highest BCUT2D eigenvalue weighted by atomic mass is 16.5. The Hall–Kier alpha value is -1.51. The van der Waals surface area contributed by atoms with E-state index in [1.165, 1.54) is 5.56 Å². The van der Waals surface area contributed by atoms with Crippen LogP contribution in [-0.2, 0) is 11.2 Å². The first-order valence-corrected chi connectivity index (χ1v) is 7.07. The van der Waals surface area contributed by atoms with Gasteiger partial charge in [-0.2, -0.15) is 0 Å². The molecule has 106 valence electrons. The van der Waals surface area contributed by atoms with Crippen LogP contribution in [0.15, 0.2) is 18.2 Å². The van der Waals surface area contributed by atoms with Crippen molar-refractivity contribution in [3.05, 3.63) is 29.3 Å². The highest BCUT2D eigenvalue weighted by Gasteiger charge is 2.04. The zero-order chi connectivity index (χ0) is 14.1. The standard InChI is InChI=1S/C16H25NO2/c1-4-5-6-7-16(18)17-11-10-14-12-13(2)8-9-15(14)19-3/h8-9,12H,4-7,10-11H2,1-3H3,(H,17,18). The van der Waals surface area contributed by atoms with Crippen molar-refractivity contribution in [2.45, 2.75) is 46.0 Å². The van der Waals surface area contributed by atoms with Crippen molar-refractivity contribution in [3.63, 3.8) is 0 Å². The molecule has 0 aliphatic heterocycles. The van der Waals surface area contributed by atoms with E-state index in [4.69, 9.17) is 4.74 Å². The number of amides is 1. The summed E-state index contributed by atoms with van der Waals surface area (Å²) >= 11 is 0. The van der Waals surface area contributed by atoms with E-state index >= 15 is 0 Å². The number of aryl methyl sites for hydroxylation is 1. The molecule has 1 N–H and O–H groups in total. The van der Waals surface area contributed by atoms with E-state index in [1.807, 2.05) is 12.1 Å². The molecule has 0 saturated heterocycles. The first kappa shape index (κ1) is 15.5. The van der Waals surface area contributed by atoms with Gasteiger partial charge in [0.1, 0.15) is 5.75 Å². The molecule has 0 heterocycles. The van der Waals surface area contributed by atoms with Crippen molar-refractivity contribution in [2.24, 2.45) is 0 Å². The second-order valence-corrected chi connectivity index (χ2v) is 4.87. The highest BCUT2D eigenvalue weighted by Crippen LogP contribution is 2.19. The smallest absolute Gasteiger partial charge is 0.220 e. The first-order valence-electron chi connectivity index (χ1n) is 7.07. The number of carbonyl (C=O) groups excluding carboxylic acids is 1. The topological polar surface area (TPSA) is 38.3 Å². The van der Waals surface area contributed by atoms with E-state index in [9.17, 15) is 4.79 Å². The fourth-order valence-electron chi connectivity index (χ4n) is 2.06. The Bertz CT molecular complexity index is 402. The summed E-state index contributed by atoms with van der Waals surface area (Å²) in [5.74, 6) is 1.05. The maximum Gasteiger partial charge on any atom is 0.220 e. The van der Waals surface area contributed by atoms with Gasteiger partial charge >= 0.3 is 0 Å². The molecule has 0 radical (unpaired) electrons. The van der Waals surface area contributed by atoms with Crippen LogP contribution in [0.25, 0.3) is 0 Å². The number of ether oxygens (including phenoxy) is 1. The summed E-state index contributed by atoms with van der Waals surface area (Å²) in [7, 11) is 1.68. The summed E-state index contributed by atoms with van der Waals surface area (Å²) < 4.78 is 5.32. The Morgan fingerprint density at radius 1 is 1.32 bits per heavy atom. The van der Waals surface area contributed by atoms with Gasteiger partial charge in [0, 0.05) is 13.0 Å². The number of unbranched alkanes of at least 4 members (excludes halogenated alkanes) is 2. The molecule has 3 heteroatoms. The van der Waals surface area contributed by atoms with Crippen molar-refractivity contribution in [1.29, 1.82) is 0 Å². The van der Waals surface area contributed by atoms with Gasteiger partial charge in [0.25, 0.3) is 0 Å². The maximum atomic E-state index is 11.6. The van der Waals surface area contributed by atoms with Crippen LogP contribution in [0, 0.1) is 6.92 Å². The van der Waals surface area contributed by atoms with Crippen LogP contribution < -0.4 is 10.1 Å². The molecule has 1 aromatic carbocycles. The molecule has 3 nitrogen and oxygen atoms in total. The number of nitrogens with one attached hydrogen (secondary N) is 1. The fraction of sp³-hybridized carbons (Fsp3) is 0.562. The number of carbonyl (C=O) groups is 1.